The van der Waals surface area contributed by atoms with Gasteiger partial charge in [-0.15, -0.1) is 0 Å². The average molecular weight is 406 g/mol. The Morgan fingerprint density at radius 3 is 2.20 bits per heavy atom. The minimum Gasteiger partial charge on any atom is -0.466 e. The summed E-state index contributed by atoms with van der Waals surface area (Å²) in [5.74, 6) is -0.599. The van der Waals surface area contributed by atoms with Crippen LogP contribution >= 0.6 is 0 Å². The normalized spacial score (nSPS) is 13.1. The molecule has 0 radical (unpaired) electrons. The summed E-state index contributed by atoms with van der Waals surface area (Å²) in [5.41, 5.74) is 3.03. The van der Waals surface area contributed by atoms with Gasteiger partial charge < -0.3 is 4.74 Å². The van der Waals surface area contributed by atoms with E-state index in [0.717, 1.165) is 16.7 Å². The Balaban J connectivity index is 2.03. The van der Waals surface area contributed by atoms with Crippen molar-refractivity contribution in [2.24, 2.45) is 0 Å². The molecule has 0 aliphatic heterocycles. The zero-order chi connectivity index (χ0) is 21.3. The van der Waals surface area contributed by atoms with Gasteiger partial charge in [0.15, 0.2) is 0 Å². The van der Waals surface area contributed by atoms with Gasteiger partial charge in [0.1, 0.15) is 5.82 Å². The van der Waals surface area contributed by atoms with Gasteiger partial charge in [-0.1, -0.05) is 72.8 Å². The van der Waals surface area contributed by atoms with Crippen LogP contribution in [-0.4, -0.2) is 17.5 Å². The average Bonchev–Trinajstić information content (AvgIpc) is 2.77. The Morgan fingerprint density at radius 1 is 0.933 bits per heavy atom. The molecule has 0 aliphatic rings. The number of carbonyl (C=O) groups is 1. The van der Waals surface area contributed by atoms with Gasteiger partial charge in [0.05, 0.1) is 13.0 Å². The molecule has 1 unspecified atom stereocenters. The topological polar surface area (TPSA) is 29.5 Å². The number of benzene rings is 3. The van der Waals surface area contributed by atoms with Crippen molar-refractivity contribution in [3.05, 3.63) is 107 Å². The molecule has 0 amide bonds. The first kappa shape index (κ1) is 21.7. The first-order valence-electron chi connectivity index (χ1n) is 10.3. The van der Waals surface area contributed by atoms with E-state index in [1.165, 1.54) is 12.1 Å². The summed E-state index contributed by atoms with van der Waals surface area (Å²) in [6.45, 7) is 4.86. The van der Waals surface area contributed by atoms with Crippen LogP contribution in [0.15, 0.2) is 84.9 Å². The highest BCUT2D eigenvalue weighted by Gasteiger charge is 2.29. The second-order valence-corrected chi connectivity index (χ2v) is 7.32. The molecule has 3 aromatic carbocycles. The van der Waals surface area contributed by atoms with Gasteiger partial charge in [0.2, 0.25) is 0 Å². The number of nitrogens with zero attached hydrogens (tertiary/aromatic N) is 1. The quantitative estimate of drug-likeness (QED) is 0.404. The van der Waals surface area contributed by atoms with Crippen molar-refractivity contribution in [2.75, 3.05) is 6.61 Å². The van der Waals surface area contributed by atoms with Crippen LogP contribution in [0.25, 0.3) is 0 Å². The highest BCUT2D eigenvalue weighted by atomic mass is 19.1. The van der Waals surface area contributed by atoms with Crippen molar-refractivity contribution >= 4 is 5.97 Å². The molecular formula is C26H28FNO2. The molecule has 4 heteroatoms. The lowest BCUT2D eigenvalue weighted by Gasteiger charge is -2.37. The highest BCUT2D eigenvalue weighted by Crippen LogP contribution is 2.35. The van der Waals surface area contributed by atoms with E-state index < -0.39 is 0 Å². The Morgan fingerprint density at radius 2 is 1.57 bits per heavy atom. The van der Waals surface area contributed by atoms with Crippen LogP contribution in [0.3, 0.4) is 0 Å². The van der Waals surface area contributed by atoms with Crippen LogP contribution in [0.4, 0.5) is 4.39 Å². The zero-order valence-corrected chi connectivity index (χ0v) is 17.5. The lowest BCUT2D eigenvalue weighted by Crippen LogP contribution is -2.33. The Labute approximate surface area is 178 Å². The largest absolute Gasteiger partial charge is 0.466 e. The fraction of sp³-hybridized carbons (Fsp3) is 0.269. The van der Waals surface area contributed by atoms with Crippen molar-refractivity contribution in [3.63, 3.8) is 0 Å². The van der Waals surface area contributed by atoms with E-state index in [2.05, 4.69) is 36.1 Å². The molecule has 0 saturated heterocycles. The molecule has 156 valence electrons. The van der Waals surface area contributed by atoms with E-state index in [-0.39, 0.29) is 30.3 Å². The van der Waals surface area contributed by atoms with Crippen LogP contribution in [-0.2, 0) is 16.1 Å². The van der Waals surface area contributed by atoms with E-state index in [4.69, 9.17) is 4.74 Å². The predicted octanol–water partition coefficient (Wildman–Crippen LogP) is 6.08. The van der Waals surface area contributed by atoms with E-state index in [1.54, 1.807) is 13.0 Å². The van der Waals surface area contributed by atoms with Crippen molar-refractivity contribution in [2.45, 2.75) is 38.9 Å². The molecule has 0 heterocycles. The molecule has 3 aromatic rings. The second kappa shape index (κ2) is 10.7. The standard InChI is InChI=1S/C26H28FNO2/c1-3-30-26(29)18-25(23-15-10-16-24(27)17-23)28(19-21-11-6-4-7-12-21)20(2)22-13-8-5-9-14-22/h4-17,20,25H,3,18-19H2,1-2H3/t20?,25-/m0/s1. The van der Waals surface area contributed by atoms with Crippen LogP contribution in [0.2, 0.25) is 0 Å². The summed E-state index contributed by atoms with van der Waals surface area (Å²) in [6.07, 6.45) is 0.154. The first-order chi connectivity index (χ1) is 14.6. The van der Waals surface area contributed by atoms with E-state index in [0.29, 0.717) is 13.2 Å². The molecule has 30 heavy (non-hydrogen) atoms. The molecular weight excluding hydrogens is 377 g/mol. The van der Waals surface area contributed by atoms with Crippen LogP contribution in [0, 0.1) is 5.82 Å². The Bertz CT molecular complexity index is 930. The summed E-state index contributed by atoms with van der Waals surface area (Å²) in [7, 11) is 0. The Kier molecular flexibility index (Phi) is 7.75. The van der Waals surface area contributed by atoms with E-state index in [9.17, 15) is 9.18 Å². The Hall–Kier alpha value is -2.98. The van der Waals surface area contributed by atoms with Gasteiger partial charge >= 0.3 is 5.97 Å². The maximum absolute atomic E-state index is 14.1. The fourth-order valence-corrected chi connectivity index (χ4v) is 3.75. The summed E-state index contributed by atoms with van der Waals surface area (Å²) >= 11 is 0. The minimum absolute atomic E-state index is 0.00843. The molecule has 0 aromatic heterocycles. The van der Waals surface area contributed by atoms with Crippen LogP contribution < -0.4 is 0 Å². The van der Waals surface area contributed by atoms with E-state index in [1.807, 2.05) is 42.5 Å². The monoisotopic (exact) mass is 405 g/mol. The number of hydrogen-bond acceptors (Lipinski definition) is 3. The number of rotatable bonds is 9. The lowest BCUT2D eigenvalue weighted by atomic mass is 9.96. The highest BCUT2D eigenvalue weighted by molar-refractivity contribution is 5.70. The molecule has 0 fully saturated rings. The number of halogens is 1. The van der Waals surface area contributed by atoms with Gasteiger partial charge in [0, 0.05) is 18.6 Å². The number of carbonyl (C=O) groups excluding carboxylic acids is 1. The second-order valence-electron chi connectivity index (χ2n) is 7.32. The van der Waals surface area contributed by atoms with Gasteiger partial charge in [-0.05, 0) is 42.7 Å². The smallest absolute Gasteiger partial charge is 0.307 e. The molecule has 3 nitrogen and oxygen atoms in total. The molecule has 2 atom stereocenters. The van der Waals surface area contributed by atoms with Crippen molar-refractivity contribution in [3.8, 4) is 0 Å². The van der Waals surface area contributed by atoms with Gasteiger partial charge in [-0.25, -0.2) is 4.39 Å². The summed E-state index contributed by atoms with van der Waals surface area (Å²) in [6, 6.07) is 26.5. The van der Waals surface area contributed by atoms with Crippen molar-refractivity contribution in [1.82, 2.24) is 4.90 Å². The third kappa shape index (κ3) is 5.77. The van der Waals surface area contributed by atoms with Crippen LogP contribution in [0.1, 0.15) is 49.0 Å². The third-order valence-electron chi connectivity index (χ3n) is 5.29. The maximum atomic E-state index is 14.1. The summed E-state index contributed by atoms with van der Waals surface area (Å²) in [5, 5.41) is 0. The maximum Gasteiger partial charge on any atom is 0.307 e. The van der Waals surface area contributed by atoms with Crippen LogP contribution in [0.5, 0.6) is 0 Å². The predicted molar refractivity (Wildman–Crippen MR) is 117 cm³/mol. The molecule has 0 aliphatic carbocycles. The van der Waals surface area contributed by atoms with Crippen molar-refractivity contribution in [1.29, 1.82) is 0 Å². The van der Waals surface area contributed by atoms with Gasteiger partial charge in [0.25, 0.3) is 0 Å². The van der Waals surface area contributed by atoms with E-state index >= 15 is 0 Å². The zero-order valence-electron chi connectivity index (χ0n) is 17.5. The number of ether oxygens (including phenoxy) is 1. The first-order valence-corrected chi connectivity index (χ1v) is 10.3. The molecule has 0 bridgehead atoms. The third-order valence-corrected chi connectivity index (χ3v) is 5.29. The summed E-state index contributed by atoms with van der Waals surface area (Å²) in [4.78, 5) is 14.7. The van der Waals surface area contributed by atoms with Gasteiger partial charge in [-0.3, -0.25) is 9.69 Å². The minimum atomic E-state index is -0.324. The lowest BCUT2D eigenvalue weighted by molar-refractivity contribution is -0.145. The SMILES string of the molecule is CCOC(=O)C[C@@H](c1cccc(F)c1)N(Cc1ccccc1)C(C)c1ccccc1. The molecule has 3 rings (SSSR count). The molecule has 0 N–H and O–H groups in total. The molecule has 0 spiro atoms. The summed E-state index contributed by atoms with van der Waals surface area (Å²) < 4.78 is 19.3. The fourth-order valence-electron chi connectivity index (χ4n) is 3.75. The number of esters is 1. The van der Waals surface area contributed by atoms with Gasteiger partial charge in [-0.2, -0.15) is 0 Å². The number of hydrogen-bond donors (Lipinski definition) is 0. The van der Waals surface area contributed by atoms with Crippen molar-refractivity contribution < 1.29 is 13.9 Å². The molecule has 0 saturated carbocycles.